The summed E-state index contributed by atoms with van der Waals surface area (Å²) in [6.45, 7) is 4.09. The summed E-state index contributed by atoms with van der Waals surface area (Å²) in [5, 5.41) is 7.60. The molecule has 0 aliphatic heterocycles. The zero-order valence-corrected chi connectivity index (χ0v) is 10.4. The van der Waals surface area contributed by atoms with Crippen LogP contribution in [0, 0.1) is 0 Å². The van der Waals surface area contributed by atoms with Gasteiger partial charge in [0.2, 0.25) is 0 Å². The summed E-state index contributed by atoms with van der Waals surface area (Å²) in [7, 11) is 0. The lowest BCUT2D eigenvalue weighted by atomic mass is 10.3. The van der Waals surface area contributed by atoms with Crippen molar-refractivity contribution in [1.29, 1.82) is 0 Å². The minimum absolute atomic E-state index is 0.168. The largest absolute Gasteiger partial charge is 0.491 e. The molecule has 1 atom stereocenters. The number of hydrogen-bond donors (Lipinski definition) is 0. The average Bonchev–Trinajstić information content (AvgIpc) is 2.87. The highest BCUT2D eigenvalue weighted by molar-refractivity contribution is 5.70. The highest BCUT2D eigenvalue weighted by Gasteiger charge is 2.05. The van der Waals surface area contributed by atoms with Gasteiger partial charge in [-0.3, -0.25) is 4.79 Å². The minimum Gasteiger partial charge on any atom is -0.491 e. The number of nitrogens with zero attached hydrogens (tertiary/aromatic N) is 3. The summed E-state index contributed by atoms with van der Waals surface area (Å²) in [5.74, 6) is 0.782. The van der Waals surface area contributed by atoms with Crippen molar-refractivity contribution >= 4 is 6.29 Å². The van der Waals surface area contributed by atoms with E-state index >= 15 is 0 Å². The maximum absolute atomic E-state index is 10.6. The van der Waals surface area contributed by atoms with Gasteiger partial charge in [0.15, 0.2) is 6.29 Å². The highest BCUT2D eigenvalue weighted by Crippen LogP contribution is 2.18. The third-order valence-electron chi connectivity index (χ3n) is 2.63. The molecule has 0 fully saturated rings. The molecule has 94 valence electrons. The molecule has 0 radical (unpaired) electrons. The van der Waals surface area contributed by atoms with Gasteiger partial charge in [0.1, 0.15) is 11.4 Å². The van der Waals surface area contributed by atoms with Gasteiger partial charge < -0.3 is 4.74 Å². The van der Waals surface area contributed by atoms with Gasteiger partial charge >= 0.3 is 0 Å². The van der Waals surface area contributed by atoms with Crippen LogP contribution in [0.3, 0.4) is 0 Å². The molecule has 1 heterocycles. The first-order chi connectivity index (χ1) is 8.72. The van der Waals surface area contributed by atoms with E-state index in [1.165, 1.54) is 0 Å². The third-order valence-corrected chi connectivity index (χ3v) is 2.63. The predicted octanol–water partition coefficient (Wildman–Crippen LogP) is 2.26. The molecule has 1 unspecified atom stereocenters. The Labute approximate surface area is 105 Å². The molecule has 0 aliphatic rings. The zero-order valence-electron chi connectivity index (χ0n) is 10.4. The van der Waals surface area contributed by atoms with Gasteiger partial charge in [0.05, 0.1) is 18.0 Å². The topological polar surface area (TPSA) is 57.0 Å². The number of carbonyl (C=O) groups excluding carboxylic acids is 1. The van der Waals surface area contributed by atoms with Crippen LogP contribution in [0.15, 0.2) is 30.5 Å². The van der Waals surface area contributed by atoms with Gasteiger partial charge in [0, 0.05) is 6.07 Å². The van der Waals surface area contributed by atoms with Crippen LogP contribution < -0.4 is 4.74 Å². The van der Waals surface area contributed by atoms with E-state index < -0.39 is 0 Å². The molecular formula is C13H15N3O2. The van der Waals surface area contributed by atoms with E-state index in [0.717, 1.165) is 17.9 Å². The van der Waals surface area contributed by atoms with Crippen LogP contribution in [-0.2, 0) is 0 Å². The Morgan fingerprint density at radius 2 is 2.33 bits per heavy atom. The van der Waals surface area contributed by atoms with E-state index in [9.17, 15) is 4.79 Å². The number of aromatic nitrogens is 3. The van der Waals surface area contributed by atoms with Crippen LogP contribution in [0.25, 0.3) is 5.69 Å². The van der Waals surface area contributed by atoms with E-state index in [0.29, 0.717) is 12.0 Å². The number of hydrogen-bond acceptors (Lipinski definition) is 4. The van der Waals surface area contributed by atoms with Gasteiger partial charge in [-0.05, 0) is 25.5 Å². The third kappa shape index (κ3) is 2.74. The van der Waals surface area contributed by atoms with Gasteiger partial charge in [-0.1, -0.05) is 18.2 Å². The number of benzene rings is 1. The smallest absolute Gasteiger partial charge is 0.171 e. The van der Waals surface area contributed by atoms with E-state index in [2.05, 4.69) is 17.2 Å². The Hall–Kier alpha value is -2.17. The molecule has 0 saturated carbocycles. The maximum atomic E-state index is 10.6. The molecule has 0 aliphatic carbocycles. The predicted molar refractivity (Wildman–Crippen MR) is 67.1 cm³/mol. The maximum Gasteiger partial charge on any atom is 0.171 e. The Morgan fingerprint density at radius 1 is 1.50 bits per heavy atom. The first kappa shape index (κ1) is 12.3. The van der Waals surface area contributed by atoms with Gasteiger partial charge in [-0.2, -0.15) is 0 Å². The normalized spacial score (nSPS) is 12.1. The zero-order chi connectivity index (χ0) is 13.0. The number of aldehydes is 1. The average molecular weight is 245 g/mol. The second-order valence-electron chi connectivity index (χ2n) is 4.04. The molecular weight excluding hydrogens is 230 g/mol. The van der Waals surface area contributed by atoms with Gasteiger partial charge in [-0.15, -0.1) is 5.10 Å². The van der Waals surface area contributed by atoms with Crippen molar-refractivity contribution in [2.24, 2.45) is 0 Å². The molecule has 0 spiro atoms. The minimum atomic E-state index is 0.168. The second-order valence-corrected chi connectivity index (χ2v) is 4.04. The van der Waals surface area contributed by atoms with Crippen molar-refractivity contribution < 1.29 is 9.53 Å². The van der Waals surface area contributed by atoms with Crippen molar-refractivity contribution in [3.05, 3.63) is 36.2 Å². The molecule has 0 N–H and O–H groups in total. The lowest BCUT2D eigenvalue weighted by Crippen LogP contribution is -2.09. The molecule has 1 aromatic carbocycles. The summed E-state index contributed by atoms with van der Waals surface area (Å²) in [4.78, 5) is 10.6. The van der Waals surface area contributed by atoms with Crippen LogP contribution >= 0.6 is 0 Å². The van der Waals surface area contributed by atoms with Crippen molar-refractivity contribution in [2.75, 3.05) is 0 Å². The van der Waals surface area contributed by atoms with E-state index in [-0.39, 0.29) is 6.10 Å². The van der Waals surface area contributed by atoms with Crippen molar-refractivity contribution in [1.82, 2.24) is 15.0 Å². The van der Waals surface area contributed by atoms with E-state index in [1.54, 1.807) is 10.9 Å². The lowest BCUT2D eigenvalue weighted by Gasteiger charge is -2.13. The SMILES string of the molecule is CCC(C)Oc1cccc(-n2cc(C=O)nn2)c1. The van der Waals surface area contributed by atoms with Crippen LogP contribution in [0.2, 0.25) is 0 Å². The lowest BCUT2D eigenvalue weighted by molar-refractivity contribution is 0.111. The second kappa shape index (κ2) is 5.44. The van der Waals surface area contributed by atoms with Crippen LogP contribution in [-0.4, -0.2) is 27.4 Å². The summed E-state index contributed by atoms with van der Waals surface area (Å²) >= 11 is 0. The van der Waals surface area contributed by atoms with Crippen molar-refractivity contribution in [2.45, 2.75) is 26.4 Å². The first-order valence-corrected chi connectivity index (χ1v) is 5.87. The van der Waals surface area contributed by atoms with Crippen molar-refractivity contribution in [3.63, 3.8) is 0 Å². The molecule has 0 amide bonds. The fourth-order valence-electron chi connectivity index (χ4n) is 1.47. The molecule has 0 bridgehead atoms. The highest BCUT2D eigenvalue weighted by atomic mass is 16.5. The van der Waals surface area contributed by atoms with Gasteiger partial charge in [0.25, 0.3) is 0 Å². The summed E-state index contributed by atoms with van der Waals surface area (Å²) < 4.78 is 7.28. The number of ether oxygens (including phenoxy) is 1. The van der Waals surface area contributed by atoms with E-state index in [1.807, 2.05) is 31.2 Å². The fraction of sp³-hybridized carbons (Fsp3) is 0.308. The monoisotopic (exact) mass is 245 g/mol. The Kier molecular flexibility index (Phi) is 3.72. The van der Waals surface area contributed by atoms with Crippen LogP contribution in [0.1, 0.15) is 30.8 Å². The number of rotatable bonds is 5. The van der Waals surface area contributed by atoms with Crippen molar-refractivity contribution in [3.8, 4) is 11.4 Å². The molecule has 1 aromatic heterocycles. The standard InChI is InChI=1S/C13H15N3O2/c1-3-10(2)18-13-6-4-5-12(7-13)16-8-11(9-17)14-15-16/h4-10H,3H2,1-2H3. The fourth-order valence-corrected chi connectivity index (χ4v) is 1.47. The molecule has 2 rings (SSSR count). The van der Waals surface area contributed by atoms with E-state index in [4.69, 9.17) is 4.74 Å². The molecule has 0 saturated heterocycles. The van der Waals surface area contributed by atoms with Gasteiger partial charge in [-0.25, -0.2) is 4.68 Å². The Bertz CT molecular complexity index is 537. The summed E-state index contributed by atoms with van der Waals surface area (Å²) in [5.41, 5.74) is 1.12. The van der Waals surface area contributed by atoms with Crippen LogP contribution in [0.5, 0.6) is 5.75 Å². The number of carbonyl (C=O) groups is 1. The Balaban J connectivity index is 2.23. The summed E-state index contributed by atoms with van der Waals surface area (Å²) in [6, 6.07) is 7.53. The summed E-state index contributed by atoms with van der Waals surface area (Å²) in [6.07, 6.45) is 3.36. The Morgan fingerprint density at radius 3 is 3.00 bits per heavy atom. The van der Waals surface area contributed by atoms with Crippen LogP contribution in [0.4, 0.5) is 0 Å². The molecule has 2 aromatic rings. The first-order valence-electron chi connectivity index (χ1n) is 5.87. The quantitative estimate of drug-likeness (QED) is 0.758. The molecule has 18 heavy (non-hydrogen) atoms. The molecule has 5 heteroatoms. The molecule has 5 nitrogen and oxygen atoms in total.